The van der Waals surface area contributed by atoms with E-state index in [0.717, 1.165) is 74.0 Å². The van der Waals surface area contributed by atoms with Crippen LogP contribution in [-0.4, -0.2) is 89.7 Å². The summed E-state index contributed by atoms with van der Waals surface area (Å²) in [4.78, 5) is 15.0. The number of hydrogen-bond donors (Lipinski definition) is 1. The van der Waals surface area contributed by atoms with Crippen LogP contribution in [0.15, 0.2) is 24.3 Å². The van der Waals surface area contributed by atoms with Gasteiger partial charge in [0.1, 0.15) is 5.82 Å². The van der Waals surface area contributed by atoms with E-state index < -0.39 is 0 Å². The van der Waals surface area contributed by atoms with E-state index in [1.807, 2.05) is 0 Å². The van der Waals surface area contributed by atoms with Crippen molar-refractivity contribution in [3.63, 3.8) is 0 Å². The van der Waals surface area contributed by atoms with Crippen LogP contribution in [0.25, 0.3) is 10.9 Å². The zero-order chi connectivity index (χ0) is 23.5. The van der Waals surface area contributed by atoms with Crippen LogP contribution in [0.2, 0.25) is 0 Å². The molecule has 34 heavy (non-hydrogen) atoms. The molecule has 2 aromatic rings. The average molecular weight is 481 g/mol. The van der Waals surface area contributed by atoms with Gasteiger partial charge in [0, 0.05) is 56.4 Å². The molecule has 0 unspecified atom stereocenters. The third kappa shape index (κ3) is 5.31. The number of nitrogens with one attached hydrogen (secondary N) is 1. The van der Waals surface area contributed by atoms with Gasteiger partial charge in [-0.25, -0.2) is 4.98 Å². The number of aromatic nitrogens is 1. The van der Waals surface area contributed by atoms with E-state index >= 15 is 0 Å². The minimum absolute atomic E-state index is 0.743. The van der Waals surface area contributed by atoms with Crippen LogP contribution in [0.4, 0.5) is 11.5 Å². The molecule has 4 heterocycles. The summed E-state index contributed by atoms with van der Waals surface area (Å²) in [6.07, 6.45) is 6.58. The van der Waals surface area contributed by atoms with Gasteiger partial charge in [-0.05, 0) is 94.3 Å². The van der Waals surface area contributed by atoms with Crippen LogP contribution >= 0.6 is 12.2 Å². The van der Waals surface area contributed by atoms with Gasteiger partial charge in [-0.3, -0.25) is 0 Å². The highest BCUT2D eigenvalue weighted by molar-refractivity contribution is 7.80. The van der Waals surface area contributed by atoms with Gasteiger partial charge in [0.15, 0.2) is 5.11 Å². The minimum atomic E-state index is 0.743. The molecule has 1 aromatic heterocycles. The van der Waals surface area contributed by atoms with E-state index in [9.17, 15) is 0 Å². The van der Waals surface area contributed by atoms with Crippen molar-refractivity contribution in [2.45, 2.75) is 52.0 Å². The van der Waals surface area contributed by atoms with Crippen LogP contribution in [-0.2, 0) is 0 Å². The summed E-state index contributed by atoms with van der Waals surface area (Å²) in [7, 11) is 0. The maximum atomic E-state index is 5.81. The number of aryl methyl sites for hydroxylation is 1. The van der Waals surface area contributed by atoms with Gasteiger partial charge in [0.25, 0.3) is 0 Å². The number of benzene rings is 1. The van der Waals surface area contributed by atoms with Gasteiger partial charge >= 0.3 is 0 Å². The number of hydrogen-bond acceptors (Lipinski definition) is 5. The molecule has 0 amide bonds. The fraction of sp³-hybridized carbons (Fsp3) is 0.630. The highest BCUT2D eigenvalue weighted by Crippen LogP contribution is 2.27. The Labute approximate surface area is 210 Å². The number of anilines is 2. The number of fused-ring (bicyclic) bond motifs is 1. The molecule has 0 radical (unpaired) electrons. The lowest BCUT2D eigenvalue weighted by atomic mass is 10.0. The minimum Gasteiger partial charge on any atom is -0.354 e. The Bertz CT molecular complexity index is 988. The molecule has 1 N–H and O–H groups in total. The molecule has 5 rings (SSSR count). The monoisotopic (exact) mass is 480 g/mol. The van der Waals surface area contributed by atoms with E-state index in [1.54, 1.807) is 0 Å². The summed E-state index contributed by atoms with van der Waals surface area (Å²) in [5.41, 5.74) is 3.39. The molecule has 0 aliphatic carbocycles. The number of likely N-dealkylation sites (tertiary alicyclic amines) is 2. The second kappa shape index (κ2) is 10.8. The topological polar surface area (TPSA) is 37.9 Å². The first-order valence-corrected chi connectivity index (χ1v) is 13.7. The Morgan fingerprint density at radius 3 is 2.41 bits per heavy atom. The summed E-state index contributed by atoms with van der Waals surface area (Å²) in [6.45, 7) is 14.6. The first kappa shape index (κ1) is 23.8. The standard InChI is InChI=1S/C27H40N6S/c1-3-30-15-17-32(18-16-30)26-19-21(2)24-20-22(7-8-25(24)29-26)28-27(34)33-13-9-23(10-14-33)31-11-5-4-6-12-31/h7-8,19-20,23H,3-6,9-18H2,1-2H3,(H,28,34). The van der Waals surface area contributed by atoms with Crippen molar-refractivity contribution < 1.29 is 0 Å². The predicted molar refractivity (Wildman–Crippen MR) is 147 cm³/mol. The third-order valence-electron chi connectivity index (χ3n) is 8.06. The third-order valence-corrected chi connectivity index (χ3v) is 8.42. The zero-order valence-corrected chi connectivity index (χ0v) is 21.7. The van der Waals surface area contributed by atoms with Crippen LogP contribution in [0, 0.1) is 6.92 Å². The number of nitrogens with zero attached hydrogens (tertiary/aromatic N) is 5. The summed E-state index contributed by atoms with van der Waals surface area (Å²) in [6, 6.07) is 9.47. The van der Waals surface area contributed by atoms with Crippen molar-refractivity contribution >= 4 is 39.7 Å². The van der Waals surface area contributed by atoms with E-state index in [2.05, 4.69) is 63.0 Å². The molecule has 0 spiro atoms. The zero-order valence-electron chi connectivity index (χ0n) is 20.9. The quantitative estimate of drug-likeness (QED) is 0.653. The van der Waals surface area contributed by atoms with Crippen LogP contribution in [0.1, 0.15) is 44.6 Å². The van der Waals surface area contributed by atoms with Gasteiger partial charge in [0.2, 0.25) is 0 Å². The van der Waals surface area contributed by atoms with Gasteiger partial charge in [-0.15, -0.1) is 0 Å². The fourth-order valence-electron chi connectivity index (χ4n) is 5.83. The molecular weight excluding hydrogens is 440 g/mol. The Kier molecular flexibility index (Phi) is 7.52. The maximum absolute atomic E-state index is 5.81. The van der Waals surface area contributed by atoms with Crippen molar-refractivity contribution in [1.29, 1.82) is 0 Å². The molecule has 0 atom stereocenters. The lowest BCUT2D eigenvalue weighted by Crippen LogP contribution is -2.49. The van der Waals surface area contributed by atoms with Crippen LogP contribution in [0.5, 0.6) is 0 Å². The van der Waals surface area contributed by atoms with Gasteiger partial charge < -0.3 is 24.9 Å². The van der Waals surface area contributed by atoms with E-state index in [-0.39, 0.29) is 0 Å². The van der Waals surface area contributed by atoms with Crippen LogP contribution < -0.4 is 10.2 Å². The Morgan fingerprint density at radius 2 is 1.71 bits per heavy atom. The van der Waals surface area contributed by atoms with Gasteiger partial charge in [-0.2, -0.15) is 0 Å². The number of rotatable bonds is 4. The van der Waals surface area contributed by atoms with Crippen molar-refractivity contribution in [3.8, 4) is 0 Å². The lowest BCUT2D eigenvalue weighted by molar-refractivity contribution is 0.115. The Morgan fingerprint density at radius 1 is 0.971 bits per heavy atom. The maximum Gasteiger partial charge on any atom is 0.173 e. The number of thiocarbonyl (C=S) groups is 1. The molecule has 3 fully saturated rings. The summed E-state index contributed by atoms with van der Waals surface area (Å²) in [5.74, 6) is 1.11. The average Bonchev–Trinajstić information content (AvgIpc) is 2.89. The molecule has 3 aliphatic heterocycles. The first-order chi connectivity index (χ1) is 16.6. The molecule has 1 aromatic carbocycles. The van der Waals surface area contributed by atoms with Crippen molar-refractivity contribution in [1.82, 2.24) is 19.7 Å². The van der Waals surface area contributed by atoms with Crippen LogP contribution in [0.3, 0.4) is 0 Å². The van der Waals surface area contributed by atoms with Crippen molar-refractivity contribution in [2.75, 3.05) is 69.1 Å². The number of piperidine rings is 2. The molecule has 0 bridgehead atoms. The molecule has 7 heteroatoms. The summed E-state index contributed by atoms with van der Waals surface area (Å²) in [5, 5.41) is 5.57. The smallest absolute Gasteiger partial charge is 0.173 e. The summed E-state index contributed by atoms with van der Waals surface area (Å²) >= 11 is 5.81. The predicted octanol–water partition coefficient (Wildman–Crippen LogP) is 4.33. The molecule has 0 saturated carbocycles. The summed E-state index contributed by atoms with van der Waals surface area (Å²) < 4.78 is 0. The van der Waals surface area contributed by atoms with Gasteiger partial charge in [0.05, 0.1) is 5.52 Å². The van der Waals surface area contributed by atoms with Crippen molar-refractivity contribution in [2.24, 2.45) is 0 Å². The molecular formula is C27H40N6S. The first-order valence-electron chi connectivity index (χ1n) is 13.3. The lowest BCUT2D eigenvalue weighted by Gasteiger charge is -2.41. The van der Waals surface area contributed by atoms with E-state index in [0.29, 0.717) is 0 Å². The van der Waals surface area contributed by atoms with E-state index in [4.69, 9.17) is 17.2 Å². The Hall–Kier alpha value is -1.96. The second-order valence-corrected chi connectivity index (χ2v) is 10.6. The highest BCUT2D eigenvalue weighted by Gasteiger charge is 2.26. The molecule has 3 saturated heterocycles. The highest BCUT2D eigenvalue weighted by atomic mass is 32.1. The number of piperazine rings is 1. The van der Waals surface area contributed by atoms with Crippen molar-refractivity contribution in [3.05, 3.63) is 29.8 Å². The fourth-order valence-corrected chi connectivity index (χ4v) is 6.13. The molecule has 184 valence electrons. The Balaban J connectivity index is 1.20. The molecule has 6 nitrogen and oxygen atoms in total. The SMILES string of the molecule is CCN1CCN(c2cc(C)c3cc(NC(=S)N4CCC(N5CCCCC5)CC4)ccc3n2)CC1. The van der Waals surface area contributed by atoms with E-state index in [1.165, 1.54) is 56.1 Å². The van der Waals surface area contributed by atoms with Gasteiger partial charge in [-0.1, -0.05) is 13.3 Å². The normalized spacial score (nSPS) is 21.2. The largest absolute Gasteiger partial charge is 0.354 e. The number of pyridine rings is 1. The second-order valence-electron chi connectivity index (χ2n) is 10.2. The number of likely N-dealkylation sites (N-methyl/N-ethyl adjacent to an activating group) is 1. The molecule has 3 aliphatic rings.